The molecule has 1 aromatic carbocycles. The van der Waals surface area contributed by atoms with Crippen molar-refractivity contribution in [1.82, 2.24) is 19.9 Å². The molecule has 5 nitrogen and oxygen atoms in total. The molecule has 3 heterocycles. The Kier molecular flexibility index (Phi) is 4.55. The van der Waals surface area contributed by atoms with Gasteiger partial charge in [0.25, 0.3) is 0 Å². The largest absolute Gasteiger partial charge is 0.331 e. The van der Waals surface area contributed by atoms with Crippen molar-refractivity contribution >= 4 is 16.6 Å². The molecular weight excluding hydrogens is 324 g/mol. The van der Waals surface area contributed by atoms with E-state index in [-0.39, 0.29) is 5.92 Å². The monoisotopic (exact) mass is 348 g/mol. The third-order valence-electron chi connectivity index (χ3n) is 5.44. The average molecular weight is 348 g/mol. The maximum Gasteiger partial charge on any atom is 0.142 e. The summed E-state index contributed by atoms with van der Waals surface area (Å²) in [6, 6.07) is 8.39. The fraction of sp³-hybridized carbons (Fsp3) is 0.381. The SMILES string of the molecule is Cc1ncc(-c2ccc3cnc(CC(=O)C4CCNCC4)cc3c2)n1C. The zero-order valence-electron chi connectivity index (χ0n) is 15.3. The van der Waals surface area contributed by atoms with Gasteiger partial charge in [-0.2, -0.15) is 0 Å². The molecule has 2 aromatic heterocycles. The predicted molar refractivity (Wildman–Crippen MR) is 103 cm³/mol. The molecule has 26 heavy (non-hydrogen) atoms. The van der Waals surface area contributed by atoms with Crippen LogP contribution in [0.2, 0.25) is 0 Å². The van der Waals surface area contributed by atoms with E-state index in [9.17, 15) is 4.79 Å². The van der Waals surface area contributed by atoms with Crippen LogP contribution in [0.15, 0.2) is 36.7 Å². The maximum atomic E-state index is 12.6. The fourth-order valence-electron chi connectivity index (χ4n) is 3.68. The first-order chi connectivity index (χ1) is 12.6. The van der Waals surface area contributed by atoms with Crippen LogP contribution in [-0.2, 0) is 18.3 Å². The van der Waals surface area contributed by atoms with Gasteiger partial charge in [-0.05, 0) is 50.4 Å². The molecular formula is C21H24N4O. The quantitative estimate of drug-likeness (QED) is 0.787. The predicted octanol–water partition coefficient (Wildman–Crippen LogP) is 3.05. The number of piperidine rings is 1. The maximum absolute atomic E-state index is 12.6. The summed E-state index contributed by atoms with van der Waals surface area (Å²) in [7, 11) is 2.03. The zero-order valence-corrected chi connectivity index (χ0v) is 15.3. The van der Waals surface area contributed by atoms with E-state index in [1.54, 1.807) is 0 Å². The molecule has 4 rings (SSSR count). The van der Waals surface area contributed by atoms with Gasteiger partial charge in [0, 0.05) is 42.2 Å². The second-order valence-electron chi connectivity index (χ2n) is 7.15. The highest BCUT2D eigenvalue weighted by Gasteiger charge is 2.21. The molecule has 1 aliphatic heterocycles. The first kappa shape index (κ1) is 16.9. The summed E-state index contributed by atoms with van der Waals surface area (Å²) in [6.45, 7) is 3.88. The highest BCUT2D eigenvalue weighted by molar-refractivity contribution is 5.88. The van der Waals surface area contributed by atoms with E-state index in [0.717, 1.165) is 59.5 Å². The summed E-state index contributed by atoms with van der Waals surface area (Å²) in [4.78, 5) is 21.5. The van der Waals surface area contributed by atoms with Gasteiger partial charge in [-0.25, -0.2) is 4.98 Å². The molecule has 5 heteroatoms. The molecule has 0 bridgehead atoms. The van der Waals surface area contributed by atoms with E-state index < -0.39 is 0 Å². The minimum Gasteiger partial charge on any atom is -0.331 e. The molecule has 0 saturated carbocycles. The zero-order chi connectivity index (χ0) is 18.1. The molecule has 1 saturated heterocycles. The van der Waals surface area contributed by atoms with Gasteiger partial charge in [-0.15, -0.1) is 0 Å². The number of pyridine rings is 1. The Bertz CT molecular complexity index is 954. The number of carbonyl (C=O) groups is 1. The van der Waals surface area contributed by atoms with Gasteiger partial charge >= 0.3 is 0 Å². The van der Waals surface area contributed by atoms with Crippen LogP contribution in [0, 0.1) is 12.8 Å². The number of nitrogens with zero attached hydrogens (tertiary/aromatic N) is 3. The van der Waals surface area contributed by atoms with Crippen LogP contribution in [0.1, 0.15) is 24.4 Å². The fourth-order valence-corrected chi connectivity index (χ4v) is 3.68. The molecule has 0 amide bonds. The standard InChI is InChI=1S/C21H24N4O/c1-14-23-13-20(25(14)2)16-3-4-17-12-24-19(10-18(17)9-16)11-21(26)15-5-7-22-8-6-15/h3-4,9-10,12-13,15,22H,5-8,11H2,1-2H3. The van der Waals surface area contributed by atoms with Gasteiger partial charge in [0.1, 0.15) is 11.6 Å². The topological polar surface area (TPSA) is 59.8 Å². The van der Waals surface area contributed by atoms with E-state index in [1.807, 2.05) is 26.4 Å². The van der Waals surface area contributed by atoms with Gasteiger partial charge in [0.2, 0.25) is 0 Å². The van der Waals surface area contributed by atoms with Crippen molar-refractivity contribution in [2.24, 2.45) is 13.0 Å². The molecule has 0 radical (unpaired) electrons. The van der Waals surface area contributed by atoms with Crippen LogP contribution in [0.4, 0.5) is 0 Å². The lowest BCUT2D eigenvalue weighted by atomic mass is 9.91. The number of hydrogen-bond acceptors (Lipinski definition) is 4. The number of nitrogens with one attached hydrogen (secondary N) is 1. The van der Waals surface area contributed by atoms with Crippen molar-refractivity contribution in [3.63, 3.8) is 0 Å². The van der Waals surface area contributed by atoms with E-state index in [0.29, 0.717) is 12.2 Å². The minimum absolute atomic E-state index is 0.178. The van der Waals surface area contributed by atoms with E-state index >= 15 is 0 Å². The third-order valence-corrected chi connectivity index (χ3v) is 5.44. The lowest BCUT2D eigenvalue weighted by molar-refractivity contribution is -0.123. The Morgan fingerprint density at radius 1 is 1.15 bits per heavy atom. The van der Waals surface area contributed by atoms with E-state index in [1.165, 1.54) is 0 Å². The molecule has 0 unspecified atom stereocenters. The minimum atomic E-state index is 0.178. The summed E-state index contributed by atoms with van der Waals surface area (Å²) >= 11 is 0. The van der Waals surface area contributed by atoms with Gasteiger partial charge < -0.3 is 9.88 Å². The number of carbonyl (C=O) groups excluding carboxylic acids is 1. The Labute approximate surface area is 153 Å². The lowest BCUT2D eigenvalue weighted by Gasteiger charge is -2.21. The van der Waals surface area contributed by atoms with Gasteiger partial charge in [0.15, 0.2) is 0 Å². The number of imidazole rings is 1. The second kappa shape index (κ2) is 7.00. The number of ketones is 1. The normalized spacial score (nSPS) is 15.5. The van der Waals surface area contributed by atoms with Gasteiger partial charge in [-0.1, -0.05) is 12.1 Å². The summed E-state index contributed by atoms with van der Waals surface area (Å²) in [5, 5.41) is 5.51. The van der Waals surface area contributed by atoms with E-state index in [4.69, 9.17) is 0 Å². The molecule has 1 N–H and O–H groups in total. The van der Waals surface area contributed by atoms with Crippen molar-refractivity contribution in [3.05, 3.63) is 48.2 Å². The highest BCUT2D eigenvalue weighted by atomic mass is 16.1. The van der Waals surface area contributed by atoms with Crippen molar-refractivity contribution in [2.75, 3.05) is 13.1 Å². The lowest BCUT2D eigenvalue weighted by Crippen LogP contribution is -2.32. The number of benzene rings is 1. The first-order valence-electron chi connectivity index (χ1n) is 9.22. The number of Topliss-reactive ketones (excluding diaryl/α,β-unsaturated/α-hetero) is 1. The van der Waals surface area contributed by atoms with Crippen LogP contribution in [-0.4, -0.2) is 33.4 Å². The number of fused-ring (bicyclic) bond motifs is 1. The Morgan fingerprint density at radius 3 is 2.69 bits per heavy atom. The van der Waals surface area contributed by atoms with Crippen LogP contribution < -0.4 is 5.32 Å². The third kappa shape index (κ3) is 3.27. The number of aromatic nitrogens is 3. The van der Waals surface area contributed by atoms with Gasteiger partial charge in [0.05, 0.1) is 11.9 Å². The number of hydrogen-bond donors (Lipinski definition) is 1. The van der Waals surface area contributed by atoms with Crippen LogP contribution in [0.5, 0.6) is 0 Å². The molecule has 1 fully saturated rings. The smallest absolute Gasteiger partial charge is 0.142 e. The van der Waals surface area contributed by atoms with Crippen LogP contribution >= 0.6 is 0 Å². The van der Waals surface area contributed by atoms with Gasteiger partial charge in [-0.3, -0.25) is 9.78 Å². The first-order valence-corrected chi connectivity index (χ1v) is 9.22. The Hall–Kier alpha value is -2.53. The molecule has 0 aliphatic carbocycles. The summed E-state index contributed by atoms with van der Waals surface area (Å²) < 4.78 is 2.09. The van der Waals surface area contributed by atoms with Crippen LogP contribution in [0.25, 0.3) is 22.0 Å². The van der Waals surface area contributed by atoms with Crippen molar-refractivity contribution in [3.8, 4) is 11.3 Å². The van der Waals surface area contributed by atoms with Crippen molar-refractivity contribution in [1.29, 1.82) is 0 Å². The molecule has 0 atom stereocenters. The summed E-state index contributed by atoms with van der Waals surface area (Å²) in [5.74, 6) is 1.48. The van der Waals surface area contributed by atoms with Crippen LogP contribution in [0.3, 0.4) is 0 Å². The Morgan fingerprint density at radius 2 is 1.96 bits per heavy atom. The highest BCUT2D eigenvalue weighted by Crippen LogP contribution is 2.25. The number of rotatable bonds is 4. The van der Waals surface area contributed by atoms with E-state index in [2.05, 4.69) is 44.1 Å². The summed E-state index contributed by atoms with van der Waals surface area (Å²) in [6.07, 6.45) is 6.08. The average Bonchev–Trinajstić information content (AvgIpc) is 3.00. The van der Waals surface area contributed by atoms with Crippen molar-refractivity contribution in [2.45, 2.75) is 26.2 Å². The molecule has 134 valence electrons. The number of aryl methyl sites for hydroxylation is 1. The van der Waals surface area contributed by atoms with Crippen molar-refractivity contribution < 1.29 is 4.79 Å². The Balaban J connectivity index is 1.61. The molecule has 3 aromatic rings. The molecule has 1 aliphatic rings. The summed E-state index contributed by atoms with van der Waals surface area (Å²) in [5.41, 5.74) is 3.08. The molecule has 0 spiro atoms. The second-order valence-corrected chi connectivity index (χ2v) is 7.15.